The van der Waals surface area contributed by atoms with E-state index in [0.29, 0.717) is 13.0 Å². The van der Waals surface area contributed by atoms with E-state index in [9.17, 15) is 4.79 Å². The monoisotopic (exact) mass is 315 g/mol. The minimum atomic E-state index is 0.0632. The van der Waals surface area contributed by atoms with Gasteiger partial charge in [-0.15, -0.1) is 0 Å². The third kappa shape index (κ3) is 1.94. The lowest BCUT2D eigenvalue weighted by Gasteiger charge is -2.34. The van der Waals surface area contributed by atoms with Crippen LogP contribution >= 0.6 is 0 Å². The maximum atomic E-state index is 12.7. The number of para-hydroxylation sites is 1. The van der Waals surface area contributed by atoms with Crippen molar-refractivity contribution in [2.45, 2.75) is 12.5 Å². The van der Waals surface area contributed by atoms with Gasteiger partial charge in [0.25, 0.3) is 0 Å². The Morgan fingerprint density at radius 3 is 2.42 bits per heavy atom. The first-order chi connectivity index (χ1) is 11.8. The largest absolute Gasteiger partial charge is 0.493 e. The number of rotatable bonds is 1. The molecule has 1 amide bonds. The van der Waals surface area contributed by atoms with Gasteiger partial charge >= 0.3 is 0 Å². The highest BCUT2D eigenvalue weighted by Crippen LogP contribution is 2.48. The predicted octanol–water partition coefficient (Wildman–Crippen LogP) is 4.33. The highest BCUT2D eigenvalue weighted by molar-refractivity contribution is 5.97. The Bertz CT molecular complexity index is 935. The van der Waals surface area contributed by atoms with Crippen molar-refractivity contribution >= 4 is 22.4 Å². The van der Waals surface area contributed by atoms with Crippen molar-refractivity contribution in [2.75, 3.05) is 11.5 Å². The zero-order valence-electron chi connectivity index (χ0n) is 13.2. The fraction of sp³-hybridized carbons (Fsp3) is 0.190. The van der Waals surface area contributed by atoms with E-state index in [-0.39, 0.29) is 17.9 Å². The highest BCUT2D eigenvalue weighted by atomic mass is 16.5. The fourth-order valence-corrected chi connectivity index (χ4v) is 4.03. The number of hydrogen-bond acceptors (Lipinski definition) is 2. The van der Waals surface area contributed by atoms with E-state index in [1.807, 2.05) is 47.4 Å². The van der Waals surface area contributed by atoms with Gasteiger partial charge in [0.2, 0.25) is 5.91 Å². The number of fused-ring (bicyclic) bond motifs is 4. The van der Waals surface area contributed by atoms with Gasteiger partial charge < -0.3 is 9.64 Å². The van der Waals surface area contributed by atoms with Crippen LogP contribution in [0.15, 0.2) is 66.7 Å². The van der Waals surface area contributed by atoms with E-state index in [4.69, 9.17) is 4.74 Å². The molecule has 0 saturated carbocycles. The lowest BCUT2D eigenvalue weighted by atomic mass is 9.89. The van der Waals surface area contributed by atoms with Crippen LogP contribution in [0.3, 0.4) is 0 Å². The zero-order chi connectivity index (χ0) is 16.1. The molecule has 2 aliphatic rings. The van der Waals surface area contributed by atoms with E-state index >= 15 is 0 Å². The topological polar surface area (TPSA) is 29.5 Å². The number of nitrogens with zero attached hydrogens (tertiary/aromatic N) is 1. The smallest absolute Gasteiger partial charge is 0.228 e. The third-order valence-electron chi connectivity index (χ3n) is 5.11. The van der Waals surface area contributed by atoms with Gasteiger partial charge in [0.05, 0.1) is 12.6 Å². The summed E-state index contributed by atoms with van der Waals surface area (Å²) in [5.74, 6) is 1.30. The van der Waals surface area contributed by atoms with Crippen LogP contribution in [0.25, 0.3) is 10.8 Å². The summed E-state index contributed by atoms with van der Waals surface area (Å²) in [7, 11) is 0. The molecule has 0 bridgehead atoms. The second kappa shape index (κ2) is 5.10. The van der Waals surface area contributed by atoms with Gasteiger partial charge in [-0.05, 0) is 35.0 Å². The van der Waals surface area contributed by atoms with Crippen molar-refractivity contribution in [3.63, 3.8) is 0 Å². The van der Waals surface area contributed by atoms with Gasteiger partial charge in [0.1, 0.15) is 5.75 Å². The molecular weight excluding hydrogens is 298 g/mol. The fourth-order valence-electron chi connectivity index (χ4n) is 4.03. The molecule has 3 aromatic carbocycles. The molecule has 3 aromatic rings. The van der Waals surface area contributed by atoms with Crippen molar-refractivity contribution in [3.8, 4) is 5.75 Å². The Labute approximate surface area is 140 Å². The Hall–Kier alpha value is -2.81. The number of benzene rings is 3. The lowest BCUT2D eigenvalue weighted by molar-refractivity contribution is -0.117. The molecule has 1 saturated heterocycles. The van der Waals surface area contributed by atoms with E-state index < -0.39 is 0 Å². The maximum absolute atomic E-state index is 12.7. The Kier molecular flexibility index (Phi) is 2.89. The molecule has 2 atom stereocenters. The number of carbonyl (C=O) groups excluding carboxylic acids is 1. The number of ether oxygens (including phenoxy) is 1. The molecule has 1 fully saturated rings. The van der Waals surface area contributed by atoms with Crippen molar-refractivity contribution in [2.24, 2.45) is 5.92 Å². The first-order valence-corrected chi connectivity index (χ1v) is 8.34. The van der Waals surface area contributed by atoms with E-state index in [1.54, 1.807) is 0 Å². The molecule has 2 aliphatic heterocycles. The summed E-state index contributed by atoms with van der Waals surface area (Å²) in [6.45, 7) is 0.602. The summed E-state index contributed by atoms with van der Waals surface area (Å²) in [4.78, 5) is 14.6. The van der Waals surface area contributed by atoms with E-state index in [0.717, 1.165) is 17.0 Å². The molecule has 24 heavy (non-hydrogen) atoms. The zero-order valence-corrected chi connectivity index (χ0v) is 13.2. The first kappa shape index (κ1) is 13.6. The minimum absolute atomic E-state index is 0.0632. The van der Waals surface area contributed by atoms with E-state index in [1.165, 1.54) is 10.8 Å². The maximum Gasteiger partial charge on any atom is 0.228 e. The van der Waals surface area contributed by atoms with Crippen molar-refractivity contribution < 1.29 is 9.53 Å². The SMILES string of the molecule is O=C1CC2COc3cc4ccccc4cc3C2N1c1ccccc1. The van der Waals surface area contributed by atoms with Crippen LogP contribution in [0.4, 0.5) is 5.69 Å². The number of carbonyl (C=O) groups is 1. The summed E-state index contributed by atoms with van der Waals surface area (Å²) in [6.07, 6.45) is 0.547. The molecule has 0 N–H and O–H groups in total. The molecule has 3 nitrogen and oxygen atoms in total. The van der Waals surface area contributed by atoms with Crippen LogP contribution in [-0.2, 0) is 4.79 Å². The molecule has 5 rings (SSSR count). The van der Waals surface area contributed by atoms with Gasteiger partial charge in [0.15, 0.2) is 0 Å². The molecule has 0 aromatic heterocycles. The molecule has 2 unspecified atom stereocenters. The Morgan fingerprint density at radius 2 is 1.62 bits per heavy atom. The number of hydrogen-bond donors (Lipinski definition) is 0. The Morgan fingerprint density at radius 1 is 0.917 bits per heavy atom. The molecule has 3 heteroatoms. The predicted molar refractivity (Wildman–Crippen MR) is 94.2 cm³/mol. The van der Waals surface area contributed by atoms with Gasteiger partial charge in [0, 0.05) is 23.6 Å². The van der Waals surface area contributed by atoms with Crippen LogP contribution in [0.1, 0.15) is 18.0 Å². The molecule has 2 heterocycles. The normalized spacial score (nSPS) is 22.2. The van der Waals surface area contributed by atoms with Crippen molar-refractivity contribution in [3.05, 3.63) is 72.3 Å². The van der Waals surface area contributed by atoms with Crippen LogP contribution in [0.2, 0.25) is 0 Å². The molecular formula is C21H17NO2. The highest BCUT2D eigenvalue weighted by Gasteiger charge is 2.45. The van der Waals surface area contributed by atoms with Gasteiger partial charge in [-0.1, -0.05) is 42.5 Å². The standard InChI is InChI=1S/C21H17NO2/c23-20-12-16-13-24-19-11-15-7-5-4-6-14(15)10-18(19)21(16)22(20)17-8-2-1-3-9-17/h1-11,16,21H,12-13H2. The molecule has 118 valence electrons. The molecule has 0 radical (unpaired) electrons. The lowest BCUT2D eigenvalue weighted by Crippen LogP contribution is -2.32. The van der Waals surface area contributed by atoms with Crippen LogP contribution in [0, 0.1) is 5.92 Å². The second-order valence-electron chi connectivity index (χ2n) is 6.56. The third-order valence-corrected chi connectivity index (χ3v) is 5.11. The van der Waals surface area contributed by atoms with Gasteiger partial charge in [-0.3, -0.25) is 4.79 Å². The summed E-state index contributed by atoms with van der Waals surface area (Å²) in [5.41, 5.74) is 2.09. The van der Waals surface area contributed by atoms with Crippen LogP contribution in [-0.4, -0.2) is 12.5 Å². The van der Waals surface area contributed by atoms with Crippen molar-refractivity contribution in [1.29, 1.82) is 0 Å². The summed E-state index contributed by atoms with van der Waals surface area (Å²) in [5, 5.41) is 2.36. The average Bonchev–Trinajstić information content (AvgIpc) is 2.97. The summed E-state index contributed by atoms with van der Waals surface area (Å²) < 4.78 is 6.00. The summed E-state index contributed by atoms with van der Waals surface area (Å²) in [6, 6.07) is 22.6. The molecule has 0 spiro atoms. The quantitative estimate of drug-likeness (QED) is 0.669. The Balaban J connectivity index is 1.69. The number of anilines is 1. The van der Waals surface area contributed by atoms with Gasteiger partial charge in [-0.25, -0.2) is 0 Å². The average molecular weight is 315 g/mol. The first-order valence-electron chi connectivity index (χ1n) is 8.34. The van der Waals surface area contributed by atoms with Crippen LogP contribution < -0.4 is 9.64 Å². The van der Waals surface area contributed by atoms with Gasteiger partial charge in [-0.2, -0.15) is 0 Å². The summed E-state index contributed by atoms with van der Waals surface area (Å²) >= 11 is 0. The number of amides is 1. The van der Waals surface area contributed by atoms with Crippen LogP contribution in [0.5, 0.6) is 5.75 Å². The molecule has 0 aliphatic carbocycles. The van der Waals surface area contributed by atoms with E-state index in [2.05, 4.69) is 24.3 Å². The second-order valence-corrected chi connectivity index (χ2v) is 6.56. The van der Waals surface area contributed by atoms with Crippen molar-refractivity contribution in [1.82, 2.24) is 0 Å². The minimum Gasteiger partial charge on any atom is -0.493 e.